The molecule has 0 radical (unpaired) electrons. The Bertz CT molecular complexity index is 812. The van der Waals surface area contributed by atoms with E-state index in [2.05, 4.69) is 84.0 Å². The summed E-state index contributed by atoms with van der Waals surface area (Å²) in [7, 11) is 0. The minimum absolute atomic E-state index is 0.116. The Hall–Kier alpha value is -1.19. The van der Waals surface area contributed by atoms with Crippen LogP contribution >= 0.6 is 11.3 Å². The number of hydrogen-bond donors (Lipinski definition) is 1. The predicted octanol–water partition coefficient (Wildman–Crippen LogP) is 9.47. The Kier molecular flexibility index (Phi) is 12.3. The van der Waals surface area contributed by atoms with E-state index in [0.717, 1.165) is 23.0 Å². The molecule has 0 saturated carbocycles. The van der Waals surface area contributed by atoms with Gasteiger partial charge in [-0.15, -0.1) is 11.3 Å². The van der Waals surface area contributed by atoms with Crippen LogP contribution in [-0.2, 0) is 10.8 Å². The predicted molar refractivity (Wildman–Crippen MR) is 149 cm³/mol. The summed E-state index contributed by atoms with van der Waals surface area (Å²) in [6.07, 6.45) is 8.79. The maximum absolute atomic E-state index is 8.36. The van der Waals surface area contributed by atoms with E-state index in [4.69, 9.17) is 5.11 Å². The number of aromatic nitrogens is 1. The summed E-state index contributed by atoms with van der Waals surface area (Å²) in [5.41, 5.74) is 5.97. The van der Waals surface area contributed by atoms with Crippen molar-refractivity contribution in [3.8, 4) is 11.3 Å². The van der Waals surface area contributed by atoms with Crippen molar-refractivity contribution in [3.63, 3.8) is 0 Å². The van der Waals surface area contributed by atoms with E-state index in [0.29, 0.717) is 5.41 Å². The number of aliphatic hydroxyl groups is 1. The third kappa shape index (κ3) is 9.53. The van der Waals surface area contributed by atoms with Crippen LogP contribution in [0.3, 0.4) is 0 Å². The van der Waals surface area contributed by atoms with Crippen LogP contribution in [0.1, 0.15) is 123 Å². The van der Waals surface area contributed by atoms with Crippen molar-refractivity contribution in [2.24, 2.45) is 5.92 Å². The lowest BCUT2D eigenvalue weighted by Crippen LogP contribution is -2.33. The van der Waals surface area contributed by atoms with Crippen molar-refractivity contribution < 1.29 is 5.11 Å². The lowest BCUT2D eigenvalue weighted by atomic mass is 9.63. The van der Waals surface area contributed by atoms with Crippen LogP contribution in [0.25, 0.3) is 11.3 Å². The van der Waals surface area contributed by atoms with Gasteiger partial charge in [-0.3, -0.25) is 0 Å². The molecule has 2 nitrogen and oxygen atoms in total. The summed E-state index contributed by atoms with van der Waals surface area (Å²) in [6, 6.07) is 6.96. The molecule has 188 valence electrons. The first-order valence-corrected chi connectivity index (χ1v) is 14.0. The second kappa shape index (κ2) is 13.6. The van der Waals surface area contributed by atoms with Gasteiger partial charge in [0.1, 0.15) is 0 Å². The van der Waals surface area contributed by atoms with Gasteiger partial charge in [-0.05, 0) is 67.1 Å². The first-order chi connectivity index (χ1) is 15.4. The summed E-state index contributed by atoms with van der Waals surface area (Å²) >= 11 is 1.73. The molecule has 1 aromatic heterocycles. The van der Waals surface area contributed by atoms with Gasteiger partial charge in [-0.1, -0.05) is 93.2 Å². The normalized spacial score (nSPS) is 16.7. The van der Waals surface area contributed by atoms with Crippen molar-refractivity contribution in [2.45, 2.75) is 131 Å². The van der Waals surface area contributed by atoms with Crippen molar-refractivity contribution >= 4 is 11.3 Å². The lowest BCUT2D eigenvalue weighted by molar-refractivity contribution is 0.191. The van der Waals surface area contributed by atoms with Crippen LogP contribution in [-0.4, -0.2) is 16.2 Å². The fourth-order valence-electron chi connectivity index (χ4n) is 4.37. The number of rotatable bonds is 6. The van der Waals surface area contributed by atoms with Crippen LogP contribution < -0.4 is 0 Å². The second-order valence-corrected chi connectivity index (χ2v) is 12.3. The molecule has 3 rings (SSSR count). The molecule has 0 saturated heterocycles. The van der Waals surface area contributed by atoms with Crippen LogP contribution in [0.4, 0.5) is 0 Å². The van der Waals surface area contributed by atoms with E-state index in [1.165, 1.54) is 55.2 Å². The van der Waals surface area contributed by atoms with Crippen LogP contribution in [0, 0.1) is 12.8 Å². The first-order valence-electron chi connectivity index (χ1n) is 13.1. The molecular formula is C30H51NOS. The molecular weight excluding hydrogens is 422 g/mol. The molecule has 1 unspecified atom stereocenters. The number of nitrogens with zero attached hydrogens (tertiary/aromatic N) is 1. The number of aliphatic hydroxyl groups excluding tert-OH is 1. The summed E-state index contributed by atoms with van der Waals surface area (Å²) in [4.78, 5) is 4.63. The molecule has 33 heavy (non-hydrogen) atoms. The number of hydrogen-bond acceptors (Lipinski definition) is 3. The Labute approximate surface area is 209 Å². The summed E-state index contributed by atoms with van der Waals surface area (Å²) in [6.45, 7) is 22.1. The Morgan fingerprint density at radius 2 is 1.45 bits per heavy atom. The molecule has 1 atom stereocenters. The van der Waals surface area contributed by atoms with E-state index in [9.17, 15) is 0 Å². The van der Waals surface area contributed by atoms with Crippen molar-refractivity contribution in [3.05, 3.63) is 39.7 Å². The van der Waals surface area contributed by atoms with Gasteiger partial charge in [0.25, 0.3) is 0 Å². The third-order valence-corrected chi connectivity index (χ3v) is 7.69. The average Bonchev–Trinajstić information content (AvgIpc) is 3.19. The Balaban J connectivity index is 0.000000349. The minimum atomic E-state index is -0.116. The molecule has 2 aromatic rings. The zero-order valence-corrected chi connectivity index (χ0v) is 24.0. The smallest absolute Gasteiger partial charge is 0.0901 e. The van der Waals surface area contributed by atoms with E-state index < -0.39 is 0 Å². The van der Waals surface area contributed by atoms with Gasteiger partial charge in [-0.2, -0.15) is 0 Å². The average molecular weight is 474 g/mol. The molecule has 0 aliphatic heterocycles. The standard InChI is InChI=1S/C18H23NS.C8H18.C4H10O/c1-12-19-16(11-20-12)13-6-7-14-15(10-13)18(4,5)9-8-17(14,2)3;1-4-6-8(3)7-5-2;1-3-4(2)5/h6-7,10-11H,8-9H2,1-5H3;8H,4-7H2,1-3H3;4-5H,3H2,1-2H3. The lowest BCUT2D eigenvalue weighted by Gasteiger charge is -2.42. The maximum atomic E-state index is 8.36. The summed E-state index contributed by atoms with van der Waals surface area (Å²) in [5, 5.41) is 11.7. The van der Waals surface area contributed by atoms with Gasteiger partial charge < -0.3 is 5.11 Å². The van der Waals surface area contributed by atoms with E-state index >= 15 is 0 Å². The maximum Gasteiger partial charge on any atom is 0.0901 e. The van der Waals surface area contributed by atoms with Crippen LogP contribution in [0.15, 0.2) is 23.6 Å². The monoisotopic (exact) mass is 473 g/mol. The van der Waals surface area contributed by atoms with Gasteiger partial charge in [-0.25, -0.2) is 4.98 Å². The van der Waals surface area contributed by atoms with Crippen molar-refractivity contribution in [2.75, 3.05) is 0 Å². The van der Waals surface area contributed by atoms with Gasteiger partial charge >= 0.3 is 0 Å². The van der Waals surface area contributed by atoms with Gasteiger partial charge in [0, 0.05) is 10.9 Å². The van der Waals surface area contributed by atoms with Gasteiger partial charge in [0.15, 0.2) is 0 Å². The zero-order valence-electron chi connectivity index (χ0n) is 23.2. The molecule has 3 heteroatoms. The fraction of sp³-hybridized carbons (Fsp3) is 0.700. The molecule has 0 bridgehead atoms. The van der Waals surface area contributed by atoms with E-state index in [-0.39, 0.29) is 11.5 Å². The third-order valence-electron chi connectivity index (χ3n) is 6.92. The molecule has 0 spiro atoms. The van der Waals surface area contributed by atoms with Crippen LogP contribution in [0.2, 0.25) is 0 Å². The molecule has 1 aromatic carbocycles. The first kappa shape index (κ1) is 29.8. The van der Waals surface area contributed by atoms with Crippen molar-refractivity contribution in [1.82, 2.24) is 4.98 Å². The highest BCUT2D eigenvalue weighted by molar-refractivity contribution is 7.09. The largest absolute Gasteiger partial charge is 0.393 e. The van der Waals surface area contributed by atoms with Crippen molar-refractivity contribution in [1.29, 1.82) is 0 Å². The van der Waals surface area contributed by atoms with Gasteiger partial charge in [0.2, 0.25) is 0 Å². The highest BCUT2D eigenvalue weighted by atomic mass is 32.1. The Morgan fingerprint density at radius 1 is 0.939 bits per heavy atom. The minimum Gasteiger partial charge on any atom is -0.393 e. The highest BCUT2D eigenvalue weighted by Gasteiger charge is 2.37. The number of thiazole rings is 1. The SMILES string of the molecule is CCC(C)O.CCCC(C)CCC.Cc1nc(-c2ccc3c(c2)C(C)(C)CCC3(C)C)cs1. The van der Waals surface area contributed by atoms with E-state index in [1.807, 2.05) is 6.92 Å². The molecule has 1 aliphatic rings. The molecule has 1 heterocycles. The second-order valence-electron chi connectivity index (χ2n) is 11.2. The number of benzene rings is 1. The van der Waals surface area contributed by atoms with Gasteiger partial charge in [0.05, 0.1) is 16.8 Å². The summed E-state index contributed by atoms with van der Waals surface area (Å²) in [5.74, 6) is 0.963. The molecule has 1 aliphatic carbocycles. The zero-order chi connectivity index (χ0) is 25.2. The molecule has 1 N–H and O–H groups in total. The van der Waals surface area contributed by atoms with E-state index in [1.54, 1.807) is 18.3 Å². The topological polar surface area (TPSA) is 33.1 Å². The Morgan fingerprint density at radius 3 is 1.88 bits per heavy atom. The molecule has 0 amide bonds. The number of aryl methyl sites for hydroxylation is 1. The highest BCUT2D eigenvalue weighted by Crippen LogP contribution is 2.46. The number of fused-ring (bicyclic) bond motifs is 1. The van der Waals surface area contributed by atoms with Crippen LogP contribution in [0.5, 0.6) is 0 Å². The fourth-order valence-corrected chi connectivity index (χ4v) is 5.00. The molecule has 0 fully saturated rings. The summed E-state index contributed by atoms with van der Waals surface area (Å²) < 4.78 is 0. The quantitative estimate of drug-likeness (QED) is 0.453.